The molecule has 0 aliphatic rings. The summed E-state index contributed by atoms with van der Waals surface area (Å²) in [6, 6.07) is 3.60. The lowest BCUT2D eigenvalue weighted by Crippen LogP contribution is -2.45. The van der Waals surface area contributed by atoms with Crippen molar-refractivity contribution >= 4 is 11.8 Å². The molecular weight excluding hydrogens is 232 g/mol. The number of carbonyl (C=O) groups is 2. The molecule has 0 atom stereocenters. The molecule has 0 aliphatic heterocycles. The Morgan fingerprint density at radius 3 is 2.56 bits per heavy atom. The molecule has 0 fully saturated rings. The number of nitrogens with one attached hydrogen (secondary N) is 2. The number of aryl methyl sites for hydroxylation is 1. The molecule has 0 spiro atoms. The van der Waals surface area contributed by atoms with Crippen LogP contribution in [0.4, 0.5) is 0 Å². The minimum Gasteiger partial charge on any atom is -0.469 e. The van der Waals surface area contributed by atoms with Gasteiger partial charge in [0.2, 0.25) is 11.8 Å². The molecule has 5 nitrogen and oxygen atoms in total. The van der Waals surface area contributed by atoms with Gasteiger partial charge >= 0.3 is 0 Å². The third-order valence-corrected chi connectivity index (χ3v) is 2.14. The molecule has 0 aromatic carbocycles. The Morgan fingerprint density at radius 1 is 1.28 bits per heavy atom. The summed E-state index contributed by atoms with van der Waals surface area (Å²) in [6.07, 6.45) is 2.43. The van der Waals surface area contributed by atoms with E-state index in [1.807, 2.05) is 26.8 Å². The molecule has 1 aromatic heterocycles. The van der Waals surface area contributed by atoms with Crippen LogP contribution in [0.5, 0.6) is 0 Å². The zero-order valence-corrected chi connectivity index (χ0v) is 11.1. The van der Waals surface area contributed by atoms with Gasteiger partial charge in [0.15, 0.2) is 0 Å². The van der Waals surface area contributed by atoms with Gasteiger partial charge < -0.3 is 15.1 Å². The minimum absolute atomic E-state index is 0.00819. The van der Waals surface area contributed by atoms with Gasteiger partial charge in [-0.05, 0) is 32.9 Å². The highest BCUT2D eigenvalue weighted by molar-refractivity contribution is 5.85. The lowest BCUT2D eigenvalue weighted by molar-refractivity contribution is -0.126. The van der Waals surface area contributed by atoms with E-state index in [0.717, 1.165) is 5.76 Å². The van der Waals surface area contributed by atoms with E-state index in [4.69, 9.17) is 4.42 Å². The summed E-state index contributed by atoms with van der Waals surface area (Å²) in [5, 5.41) is 5.35. The summed E-state index contributed by atoms with van der Waals surface area (Å²) in [4.78, 5) is 22.9. The third kappa shape index (κ3) is 6.08. The molecule has 0 radical (unpaired) electrons. The minimum atomic E-state index is -0.282. The van der Waals surface area contributed by atoms with E-state index < -0.39 is 0 Å². The molecule has 0 saturated heterocycles. The molecule has 0 aliphatic carbocycles. The van der Waals surface area contributed by atoms with E-state index in [-0.39, 0.29) is 23.9 Å². The van der Waals surface area contributed by atoms with Crippen molar-refractivity contribution in [3.8, 4) is 0 Å². The maximum atomic E-state index is 11.5. The summed E-state index contributed by atoms with van der Waals surface area (Å²) >= 11 is 0. The second kappa shape index (κ2) is 6.23. The highest BCUT2D eigenvalue weighted by Crippen LogP contribution is 2.03. The van der Waals surface area contributed by atoms with Crippen molar-refractivity contribution in [2.75, 3.05) is 6.54 Å². The SMILES string of the molecule is CC(C)(C)NC(=O)CNC(=O)CCc1ccco1. The van der Waals surface area contributed by atoms with Crippen LogP contribution >= 0.6 is 0 Å². The first-order valence-electron chi connectivity index (χ1n) is 5.97. The number of carbonyl (C=O) groups excluding carboxylic acids is 2. The topological polar surface area (TPSA) is 71.3 Å². The zero-order valence-electron chi connectivity index (χ0n) is 11.1. The fourth-order valence-corrected chi connectivity index (χ4v) is 1.42. The van der Waals surface area contributed by atoms with Crippen LogP contribution in [-0.4, -0.2) is 23.9 Å². The molecule has 0 saturated carbocycles. The Bertz CT molecular complexity index is 391. The number of furan rings is 1. The molecule has 2 amide bonds. The summed E-state index contributed by atoms with van der Waals surface area (Å²) < 4.78 is 5.12. The highest BCUT2D eigenvalue weighted by atomic mass is 16.3. The van der Waals surface area contributed by atoms with E-state index in [1.165, 1.54) is 0 Å². The molecule has 100 valence electrons. The molecule has 5 heteroatoms. The van der Waals surface area contributed by atoms with Crippen molar-refractivity contribution in [1.29, 1.82) is 0 Å². The standard InChI is InChI=1S/C13H20N2O3/c1-13(2,3)15-12(17)9-14-11(16)7-6-10-5-4-8-18-10/h4-5,8H,6-7,9H2,1-3H3,(H,14,16)(H,15,17). The largest absolute Gasteiger partial charge is 0.469 e. The van der Waals surface area contributed by atoms with Crippen molar-refractivity contribution in [3.05, 3.63) is 24.2 Å². The lowest BCUT2D eigenvalue weighted by atomic mass is 10.1. The summed E-state index contributed by atoms with van der Waals surface area (Å²) in [6.45, 7) is 5.69. The van der Waals surface area contributed by atoms with Crippen LogP contribution in [0.25, 0.3) is 0 Å². The Kier molecular flexibility index (Phi) is 4.95. The average molecular weight is 252 g/mol. The van der Waals surface area contributed by atoms with E-state index >= 15 is 0 Å². The quantitative estimate of drug-likeness (QED) is 0.828. The van der Waals surface area contributed by atoms with Crippen LogP contribution in [0.3, 0.4) is 0 Å². The van der Waals surface area contributed by atoms with Gasteiger partial charge in [-0.15, -0.1) is 0 Å². The smallest absolute Gasteiger partial charge is 0.239 e. The van der Waals surface area contributed by atoms with Crippen molar-refractivity contribution in [3.63, 3.8) is 0 Å². The summed E-state index contributed by atoms with van der Waals surface area (Å²) in [5.41, 5.74) is -0.282. The van der Waals surface area contributed by atoms with Crippen LogP contribution in [-0.2, 0) is 16.0 Å². The number of rotatable bonds is 5. The maximum Gasteiger partial charge on any atom is 0.239 e. The van der Waals surface area contributed by atoms with Gasteiger partial charge in [0.05, 0.1) is 12.8 Å². The summed E-state index contributed by atoms with van der Waals surface area (Å²) in [7, 11) is 0. The van der Waals surface area contributed by atoms with Gasteiger partial charge in [-0.1, -0.05) is 0 Å². The van der Waals surface area contributed by atoms with E-state index in [0.29, 0.717) is 12.8 Å². The normalized spacial score (nSPS) is 11.1. The van der Waals surface area contributed by atoms with Crippen molar-refractivity contribution in [2.45, 2.75) is 39.2 Å². The average Bonchev–Trinajstić information content (AvgIpc) is 2.74. The van der Waals surface area contributed by atoms with Crippen molar-refractivity contribution < 1.29 is 14.0 Å². The lowest BCUT2D eigenvalue weighted by Gasteiger charge is -2.20. The number of hydrogen-bond donors (Lipinski definition) is 2. The predicted molar refractivity (Wildman–Crippen MR) is 67.9 cm³/mol. The number of amides is 2. The Balaban J connectivity index is 2.19. The first-order valence-corrected chi connectivity index (χ1v) is 5.97. The van der Waals surface area contributed by atoms with Crippen LogP contribution in [0, 0.1) is 0 Å². The Morgan fingerprint density at radius 2 is 2.00 bits per heavy atom. The van der Waals surface area contributed by atoms with Crippen LogP contribution < -0.4 is 10.6 Å². The van der Waals surface area contributed by atoms with E-state index in [1.54, 1.807) is 12.3 Å². The molecule has 2 N–H and O–H groups in total. The van der Waals surface area contributed by atoms with Crippen LogP contribution in [0.2, 0.25) is 0 Å². The molecular formula is C13H20N2O3. The second-order valence-corrected chi connectivity index (χ2v) is 5.15. The molecule has 1 aromatic rings. The van der Waals surface area contributed by atoms with Gasteiger partial charge in [-0.2, -0.15) is 0 Å². The molecule has 0 unspecified atom stereocenters. The zero-order chi connectivity index (χ0) is 13.6. The summed E-state index contributed by atoms with van der Waals surface area (Å²) in [5.74, 6) is 0.425. The van der Waals surface area contributed by atoms with Gasteiger partial charge in [0, 0.05) is 18.4 Å². The van der Waals surface area contributed by atoms with Gasteiger partial charge in [-0.3, -0.25) is 9.59 Å². The van der Waals surface area contributed by atoms with Crippen molar-refractivity contribution in [1.82, 2.24) is 10.6 Å². The number of hydrogen-bond acceptors (Lipinski definition) is 3. The van der Waals surface area contributed by atoms with E-state index in [2.05, 4.69) is 10.6 Å². The van der Waals surface area contributed by atoms with E-state index in [9.17, 15) is 9.59 Å². The first-order chi connectivity index (χ1) is 8.37. The second-order valence-electron chi connectivity index (χ2n) is 5.15. The molecule has 0 bridgehead atoms. The van der Waals surface area contributed by atoms with Crippen LogP contribution in [0.15, 0.2) is 22.8 Å². The predicted octanol–water partition coefficient (Wildman–Crippen LogP) is 1.24. The molecule has 18 heavy (non-hydrogen) atoms. The molecule has 1 heterocycles. The van der Waals surface area contributed by atoms with Gasteiger partial charge in [0.25, 0.3) is 0 Å². The fraction of sp³-hybridized carbons (Fsp3) is 0.538. The van der Waals surface area contributed by atoms with Crippen LogP contribution in [0.1, 0.15) is 33.0 Å². The van der Waals surface area contributed by atoms with Gasteiger partial charge in [0.1, 0.15) is 5.76 Å². The third-order valence-electron chi connectivity index (χ3n) is 2.14. The van der Waals surface area contributed by atoms with Gasteiger partial charge in [-0.25, -0.2) is 0 Å². The highest BCUT2D eigenvalue weighted by Gasteiger charge is 2.14. The fourth-order valence-electron chi connectivity index (χ4n) is 1.42. The Hall–Kier alpha value is -1.78. The van der Waals surface area contributed by atoms with Crippen molar-refractivity contribution in [2.24, 2.45) is 0 Å². The maximum absolute atomic E-state index is 11.5. The molecule has 1 rings (SSSR count). The first kappa shape index (κ1) is 14.3. The monoisotopic (exact) mass is 252 g/mol. The Labute approximate surface area is 107 Å².